The molecule has 2 aliphatic rings. The maximum absolute atomic E-state index is 12.5. The SMILES string of the molecule is CC(C)(C)N1CC(C(=O)Nc2ccc(OCC(=O)N3CCOCC3)cc2)CC1=O. The van der Waals surface area contributed by atoms with Gasteiger partial charge < -0.3 is 24.6 Å². The van der Waals surface area contributed by atoms with Gasteiger partial charge in [-0.25, -0.2) is 0 Å². The molecule has 2 aliphatic heterocycles. The van der Waals surface area contributed by atoms with Gasteiger partial charge in [0.1, 0.15) is 5.75 Å². The van der Waals surface area contributed by atoms with Crippen LogP contribution in [0.15, 0.2) is 24.3 Å². The second-order valence-electron chi connectivity index (χ2n) is 8.37. The lowest BCUT2D eigenvalue weighted by atomic mass is 10.1. The van der Waals surface area contributed by atoms with E-state index in [9.17, 15) is 14.4 Å². The van der Waals surface area contributed by atoms with E-state index < -0.39 is 0 Å². The van der Waals surface area contributed by atoms with Crippen LogP contribution in [0.25, 0.3) is 0 Å². The van der Waals surface area contributed by atoms with E-state index in [-0.39, 0.29) is 42.2 Å². The summed E-state index contributed by atoms with van der Waals surface area (Å²) < 4.78 is 10.8. The van der Waals surface area contributed by atoms with E-state index in [0.717, 1.165) is 0 Å². The van der Waals surface area contributed by atoms with Crippen LogP contribution in [0.4, 0.5) is 5.69 Å². The van der Waals surface area contributed by atoms with Gasteiger partial charge >= 0.3 is 0 Å². The average molecular weight is 403 g/mol. The molecule has 0 radical (unpaired) electrons. The Hall–Kier alpha value is -2.61. The predicted molar refractivity (Wildman–Crippen MR) is 108 cm³/mol. The lowest BCUT2D eigenvalue weighted by Crippen LogP contribution is -2.43. The summed E-state index contributed by atoms with van der Waals surface area (Å²) in [6.45, 7) is 8.58. The smallest absolute Gasteiger partial charge is 0.260 e. The molecule has 3 amide bonds. The summed E-state index contributed by atoms with van der Waals surface area (Å²) in [6, 6.07) is 6.88. The van der Waals surface area contributed by atoms with Crippen LogP contribution in [0, 0.1) is 5.92 Å². The molecule has 0 spiro atoms. The highest BCUT2D eigenvalue weighted by Gasteiger charge is 2.39. The number of hydrogen-bond acceptors (Lipinski definition) is 5. The first-order chi connectivity index (χ1) is 13.7. The highest BCUT2D eigenvalue weighted by molar-refractivity contribution is 5.97. The molecule has 1 aromatic carbocycles. The van der Waals surface area contributed by atoms with Crippen LogP contribution >= 0.6 is 0 Å². The molecular formula is C21H29N3O5. The van der Waals surface area contributed by atoms with Crippen molar-refractivity contribution in [1.29, 1.82) is 0 Å². The summed E-state index contributed by atoms with van der Waals surface area (Å²) in [5.74, 6) is -0.0315. The molecule has 0 saturated carbocycles. The first-order valence-electron chi connectivity index (χ1n) is 9.94. The lowest BCUT2D eigenvalue weighted by molar-refractivity contribution is -0.137. The van der Waals surface area contributed by atoms with Crippen LogP contribution in [0.1, 0.15) is 27.2 Å². The average Bonchev–Trinajstić information content (AvgIpc) is 3.10. The zero-order valence-electron chi connectivity index (χ0n) is 17.3. The molecule has 0 aromatic heterocycles. The molecule has 158 valence electrons. The fourth-order valence-electron chi connectivity index (χ4n) is 3.46. The van der Waals surface area contributed by atoms with E-state index in [1.165, 1.54) is 0 Å². The van der Waals surface area contributed by atoms with Crippen LogP contribution < -0.4 is 10.1 Å². The number of carbonyl (C=O) groups is 3. The van der Waals surface area contributed by atoms with Crippen molar-refractivity contribution < 1.29 is 23.9 Å². The molecule has 1 unspecified atom stereocenters. The normalized spacial score (nSPS) is 20.0. The fraction of sp³-hybridized carbons (Fsp3) is 0.571. The minimum atomic E-state index is -0.358. The van der Waals surface area contributed by atoms with Gasteiger partial charge in [-0.3, -0.25) is 14.4 Å². The molecule has 0 aliphatic carbocycles. The van der Waals surface area contributed by atoms with Crippen molar-refractivity contribution >= 4 is 23.4 Å². The third-order valence-electron chi connectivity index (χ3n) is 5.15. The van der Waals surface area contributed by atoms with Gasteiger partial charge in [-0.05, 0) is 45.0 Å². The monoisotopic (exact) mass is 403 g/mol. The number of likely N-dealkylation sites (tertiary alicyclic amines) is 1. The van der Waals surface area contributed by atoms with Crippen molar-refractivity contribution in [2.45, 2.75) is 32.7 Å². The van der Waals surface area contributed by atoms with Gasteiger partial charge in [-0.15, -0.1) is 0 Å². The van der Waals surface area contributed by atoms with Gasteiger partial charge in [0.05, 0.1) is 19.1 Å². The molecule has 1 N–H and O–H groups in total. The van der Waals surface area contributed by atoms with Gasteiger partial charge in [0.15, 0.2) is 6.61 Å². The minimum Gasteiger partial charge on any atom is -0.484 e. The third kappa shape index (κ3) is 5.47. The van der Waals surface area contributed by atoms with Crippen LogP contribution in [0.5, 0.6) is 5.75 Å². The number of anilines is 1. The Bertz CT molecular complexity index is 751. The van der Waals surface area contributed by atoms with Crippen LogP contribution in [0.3, 0.4) is 0 Å². The maximum Gasteiger partial charge on any atom is 0.260 e. The van der Waals surface area contributed by atoms with Crippen LogP contribution in [-0.2, 0) is 19.1 Å². The largest absolute Gasteiger partial charge is 0.484 e. The molecule has 2 saturated heterocycles. The lowest BCUT2D eigenvalue weighted by Gasteiger charge is -2.31. The van der Waals surface area contributed by atoms with Gasteiger partial charge in [0.2, 0.25) is 11.8 Å². The van der Waals surface area contributed by atoms with Crippen molar-refractivity contribution in [3.63, 3.8) is 0 Å². The number of hydrogen-bond donors (Lipinski definition) is 1. The standard InChI is InChI=1S/C21H29N3O5/c1-21(2,3)24-13-15(12-18(24)25)20(27)22-16-4-6-17(7-5-16)29-14-19(26)23-8-10-28-11-9-23/h4-7,15H,8-14H2,1-3H3,(H,22,27). The fourth-order valence-corrected chi connectivity index (χ4v) is 3.46. The number of carbonyl (C=O) groups excluding carboxylic acids is 3. The second-order valence-corrected chi connectivity index (χ2v) is 8.37. The van der Waals surface area contributed by atoms with E-state index >= 15 is 0 Å². The highest BCUT2D eigenvalue weighted by atomic mass is 16.5. The van der Waals surface area contributed by atoms with Crippen molar-refractivity contribution in [3.05, 3.63) is 24.3 Å². The summed E-state index contributed by atoms with van der Waals surface area (Å²) in [5.41, 5.74) is 0.340. The van der Waals surface area contributed by atoms with Gasteiger partial charge in [-0.2, -0.15) is 0 Å². The number of nitrogens with zero attached hydrogens (tertiary/aromatic N) is 2. The molecule has 29 heavy (non-hydrogen) atoms. The number of benzene rings is 1. The molecular weight excluding hydrogens is 374 g/mol. The van der Waals surface area contributed by atoms with Gasteiger partial charge in [-0.1, -0.05) is 0 Å². The highest BCUT2D eigenvalue weighted by Crippen LogP contribution is 2.27. The molecule has 3 rings (SSSR count). The van der Waals surface area contributed by atoms with Crippen LogP contribution in [0.2, 0.25) is 0 Å². The van der Waals surface area contributed by atoms with Gasteiger partial charge in [0.25, 0.3) is 5.91 Å². The van der Waals surface area contributed by atoms with Crippen molar-refractivity contribution in [1.82, 2.24) is 9.80 Å². The molecule has 0 bridgehead atoms. The molecule has 1 aromatic rings. The Morgan fingerprint density at radius 1 is 1.17 bits per heavy atom. The van der Waals surface area contributed by atoms with E-state index in [0.29, 0.717) is 44.3 Å². The van der Waals surface area contributed by atoms with E-state index in [1.807, 2.05) is 20.8 Å². The Morgan fingerprint density at radius 3 is 2.41 bits per heavy atom. The first-order valence-corrected chi connectivity index (χ1v) is 9.94. The Balaban J connectivity index is 1.48. The number of morpholine rings is 1. The van der Waals surface area contributed by atoms with Crippen LogP contribution in [-0.4, -0.2) is 72.5 Å². The van der Waals surface area contributed by atoms with Crippen molar-refractivity contribution in [2.75, 3.05) is 44.8 Å². The van der Waals surface area contributed by atoms with E-state index in [1.54, 1.807) is 34.1 Å². The number of rotatable bonds is 5. The zero-order chi connectivity index (χ0) is 21.0. The van der Waals surface area contributed by atoms with E-state index in [4.69, 9.17) is 9.47 Å². The molecule has 1 atom stereocenters. The maximum atomic E-state index is 12.5. The predicted octanol–water partition coefficient (Wildman–Crippen LogP) is 1.51. The quantitative estimate of drug-likeness (QED) is 0.805. The Kier molecular flexibility index (Phi) is 6.42. The topological polar surface area (TPSA) is 88.2 Å². The Morgan fingerprint density at radius 2 is 1.83 bits per heavy atom. The molecule has 8 nitrogen and oxygen atoms in total. The summed E-state index contributed by atoms with van der Waals surface area (Å²) in [5, 5.41) is 2.86. The number of amides is 3. The number of ether oxygens (including phenoxy) is 2. The summed E-state index contributed by atoms with van der Waals surface area (Å²) in [7, 11) is 0. The second kappa shape index (κ2) is 8.82. The molecule has 2 heterocycles. The Labute approximate surface area is 171 Å². The van der Waals surface area contributed by atoms with Crippen molar-refractivity contribution in [3.8, 4) is 5.75 Å². The summed E-state index contributed by atoms with van der Waals surface area (Å²) in [4.78, 5) is 40.3. The summed E-state index contributed by atoms with van der Waals surface area (Å²) in [6.07, 6.45) is 0.230. The van der Waals surface area contributed by atoms with Crippen molar-refractivity contribution in [2.24, 2.45) is 5.92 Å². The van der Waals surface area contributed by atoms with E-state index in [2.05, 4.69) is 5.32 Å². The third-order valence-corrected chi connectivity index (χ3v) is 5.15. The molecule has 2 fully saturated rings. The first kappa shape index (κ1) is 21.1. The summed E-state index contributed by atoms with van der Waals surface area (Å²) >= 11 is 0. The minimum absolute atomic E-state index is 0.00586. The number of nitrogens with one attached hydrogen (secondary N) is 1. The van der Waals surface area contributed by atoms with Gasteiger partial charge in [0, 0.05) is 37.3 Å². The zero-order valence-corrected chi connectivity index (χ0v) is 17.3. The molecule has 8 heteroatoms.